The molecule has 22 heavy (non-hydrogen) atoms. The first-order valence-corrected chi connectivity index (χ1v) is 9.34. The van der Waals surface area contributed by atoms with Gasteiger partial charge in [-0.25, -0.2) is 0 Å². The van der Waals surface area contributed by atoms with E-state index in [-0.39, 0.29) is 17.9 Å². The van der Waals surface area contributed by atoms with Crippen molar-refractivity contribution in [2.75, 3.05) is 6.26 Å². The van der Waals surface area contributed by atoms with E-state index in [4.69, 9.17) is 0 Å². The van der Waals surface area contributed by atoms with Crippen molar-refractivity contribution in [3.8, 4) is 0 Å². The van der Waals surface area contributed by atoms with Crippen LogP contribution in [0.3, 0.4) is 0 Å². The Hall–Kier alpha value is -0.960. The van der Waals surface area contributed by atoms with Crippen LogP contribution in [0.15, 0.2) is 34.8 Å². The summed E-state index contributed by atoms with van der Waals surface area (Å²) < 4.78 is 0. The van der Waals surface area contributed by atoms with Crippen LogP contribution in [-0.4, -0.2) is 18.2 Å². The van der Waals surface area contributed by atoms with E-state index in [1.165, 1.54) is 5.57 Å². The van der Waals surface area contributed by atoms with Crippen molar-refractivity contribution in [2.45, 2.75) is 60.4 Å². The first-order chi connectivity index (χ1) is 10.2. The van der Waals surface area contributed by atoms with Crippen LogP contribution in [-0.2, 0) is 4.79 Å². The number of amides is 1. The van der Waals surface area contributed by atoms with E-state index in [9.17, 15) is 4.79 Å². The van der Waals surface area contributed by atoms with Crippen LogP contribution in [0, 0.1) is 11.8 Å². The summed E-state index contributed by atoms with van der Waals surface area (Å²) in [6.45, 7) is 16.6. The van der Waals surface area contributed by atoms with Gasteiger partial charge in [0, 0.05) is 16.5 Å². The lowest BCUT2D eigenvalue weighted by Crippen LogP contribution is -2.35. The number of allylic oxidation sites excluding steroid dienone is 3. The van der Waals surface area contributed by atoms with Crippen molar-refractivity contribution in [3.05, 3.63) is 34.8 Å². The highest BCUT2D eigenvalue weighted by Gasteiger charge is 2.13. The molecule has 0 aliphatic rings. The number of hydrogen-bond donors (Lipinski definition) is 1. The second-order valence-corrected chi connectivity index (χ2v) is 7.30. The van der Waals surface area contributed by atoms with E-state index in [1.54, 1.807) is 11.8 Å². The Morgan fingerprint density at radius 2 is 1.73 bits per heavy atom. The van der Waals surface area contributed by atoms with Crippen LogP contribution in [0.25, 0.3) is 0 Å². The molecule has 3 heteroatoms. The van der Waals surface area contributed by atoms with Gasteiger partial charge in [-0.1, -0.05) is 46.4 Å². The molecule has 0 aliphatic carbocycles. The summed E-state index contributed by atoms with van der Waals surface area (Å²) in [7, 11) is 0. The van der Waals surface area contributed by atoms with E-state index in [2.05, 4.69) is 52.6 Å². The number of nitrogens with one attached hydrogen (secondary N) is 1. The normalized spacial score (nSPS) is 15.6. The number of rotatable bonds is 9. The third kappa shape index (κ3) is 8.47. The smallest absolute Gasteiger partial charge is 0.246 e. The maximum Gasteiger partial charge on any atom is 0.246 e. The lowest BCUT2D eigenvalue weighted by Gasteiger charge is -2.19. The molecule has 0 rings (SSSR count). The molecule has 0 radical (unpaired) electrons. The van der Waals surface area contributed by atoms with Gasteiger partial charge in [0.15, 0.2) is 0 Å². The standard InChI is InChI=1S/C19H33NOS/c1-9-18(10-13(2)3)20-19(21)16(6)12-14(4)11-15(5)17(7)22-8/h11-14,18H,7,9-10H2,1-6,8H3,(H,20,21)/b15-11-,16-12+/t14?,18-/m0/s1. The third-order valence-corrected chi connectivity index (χ3v) is 4.47. The van der Waals surface area contributed by atoms with Gasteiger partial charge in [0.1, 0.15) is 0 Å². The van der Waals surface area contributed by atoms with Crippen LogP contribution in [0.4, 0.5) is 0 Å². The highest BCUT2D eigenvalue weighted by atomic mass is 32.2. The fourth-order valence-electron chi connectivity index (χ4n) is 2.36. The molecule has 0 aromatic carbocycles. The summed E-state index contributed by atoms with van der Waals surface area (Å²) in [5, 5.41) is 3.14. The molecule has 1 unspecified atom stereocenters. The van der Waals surface area contributed by atoms with Gasteiger partial charge in [0.25, 0.3) is 0 Å². The Morgan fingerprint density at radius 3 is 2.18 bits per heavy atom. The molecule has 0 fully saturated rings. The number of carbonyl (C=O) groups is 1. The zero-order chi connectivity index (χ0) is 17.3. The molecule has 0 bridgehead atoms. The predicted octanol–water partition coefficient (Wildman–Crippen LogP) is 5.33. The number of hydrogen-bond acceptors (Lipinski definition) is 2. The van der Waals surface area contributed by atoms with Crippen molar-refractivity contribution < 1.29 is 4.79 Å². The average Bonchev–Trinajstić information content (AvgIpc) is 2.44. The van der Waals surface area contributed by atoms with Gasteiger partial charge in [0.2, 0.25) is 5.91 Å². The van der Waals surface area contributed by atoms with E-state index < -0.39 is 0 Å². The summed E-state index contributed by atoms with van der Waals surface area (Å²) in [5.41, 5.74) is 1.96. The molecular weight excluding hydrogens is 290 g/mol. The molecule has 0 saturated heterocycles. The first-order valence-electron chi connectivity index (χ1n) is 8.12. The molecule has 1 amide bonds. The summed E-state index contributed by atoms with van der Waals surface area (Å²) in [6.07, 6.45) is 8.20. The van der Waals surface area contributed by atoms with Crippen LogP contribution in [0.5, 0.6) is 0 Å². The van der Waals surface area contributed by atoms with Crippen molar-refractivity contribution in [1.82, 2.24) is 5.32 Å². The predicted molar refractivity (Wildman–Crippen MR) is 101 cm³/mol. The molecule has 0 heterocycles. The minimum absolute atomic E-state index is 0.0501. The Labute approximate surface area is 141 Å². The van der Waals surface area contributed by atoms with Crippen LogP contribution in [0.1, 0.15) is 54.4 Å². The van der Waals surface area contributed by atoms with Gasteiger partial charge >= 0.3 is 0 Å². The van der Waals surface area contributed by atoms with Crippen LogP contribution < -0.4 is 5.32 Å². The quantitative estimate of drug-likeness (QED) is 0.459. The molecule has 0 aromatic heterocycles. The molecule has 0 aromatic rings. The van der Waals surface area contributed by atoms with Gasteiger partial charge in [-0.15, -0.1) is 11.8 Å². The molecule has 0 spiro atoms. The van der Waals surface area contributed by atoms with E-state index in [1.807, 2.05) is 19.3 Å². The topological polar surface area (TPSA) is 29.1 Å². The number of thioether (sulfide) groups is 1. The van der Waals surface area contributed by atoms with Crippen molar-refractivity contribution in [1.29, 1.82) is 0 Å². The third-order valence-electron chi connectivity index (χ3n) is 3.65. The molecular formula is C19H33NOS. The van der Waals surface area contributed by atoms with E-state index >= 15 is 0 Å². The second kappa shape index (κ2) is 10.7. The van der Waals surface area contributed by atoms with Crippen molar-refractivity contribution >= 4 is 17.7 Å². The molecule has 1 N–H and O–H groups in total. The average molecular weight is 324 g/mol. The Balaban J connectivity index is 4.76. The second-order valence-electron chi connectivity index (χ2n) is 6.39. The maximum atomic E-state index is 12.3. The fourth-order valence-corrected chi connectivity index (χ4v) is 2.75. The summed E-state index contributed by atoms with van der Waals surface area (Å²) in [6, 6.07) is 0.264. The highest BCUT2D eigenvalue weighted by Crippen LogP contribution is 2.21. The number of carbonyl (C=O) groups excluding carboxylic acids is 1. The molecule has 2 atom stereocenters. The minimum atomic E-state index is 0.0501. The lowest BCUT2D eigenvalue weighted by atomic mass is 10.0. The highest BCUT2D eigenvalue weighted by molar-refractivity contribution is 8.02. The van der Waals surface area contributed by atoms with Gasteiger partial charge in [0.05, 0.1) is 0 Å². The summed E-state index contributed by atoms with van der Waals surface area (Å²) >= 11 is 1.65. The zero-order valence-corrected chi connectivity index (χ0v) is 16.1. The monoisotopic (exact) mass is 323 g/mol. The van der Waals surface area contributed by atoms with Gasteiger partial charge in [-0.3, -0.25) is 4.79 Å². The molecule has 0 aliphatic heterocycles. The Kier molecular flexibility index (Phi) is 10.2. The van der Waals surface area contributed by atoms with Gasteiger partial charge < -0.3 is 5.32 Å². The minimum Gasteiger partial charge on any atom is -0.350 e. The lowest BCUT2D eigenvalue weighted by molar-refractivity contribution is -0.118. The summed E-state index contributed by atoms with van der Waals surface area (Å²) in [4.78, 5) is 13.4. The molecule has 0 saturated carbocycles. The SMILES string of the molecule is C=C(SC)/C(C)=C\C(C)/C=C(\C)C(=O)N[C@@H](CC)CC(C)C. The summed E-state index contributed by atoms with van der Waals surface area (Å²) in [5.74, 6) is 0.866. The van der Waals surface area contributed by atoms with Crippen LogP contribution >= 0.6 is 11.8 Å². The van der Waals surface area contributed by atoms with Gasteiger partial charge in [-0.2, -0.15) is 0 Å². The molecule has 2 nitrogen and oxygen atoms in total. The molecule has 126 valence electrons. The fraction of sp³-hybridized carbons (Fsp3) is 0.632. The Bertz CT molecular complexity index is 435. The largest absolute Gasteiger partial charge is 0.350 e. The van der Waals surface area contributed by atoms with E-state index in [0.717, 1.165) is 23.3 Å². The van der Waals surface area contributed by atoms with Crippen LogP contribution in [0.2, 0.25) is 0 Å². The maximum absolute atomic E-state index is 12.3. The first kappa shape index (κ1) is 21.0. The van der Waals surface area contributed by atoms with Gasteiger partial charge in [-0.05, 0) is 50.4 Å². The Morgan fingerprint density at radius 1 is 1.18 bits per heavy atom. The van der Waals surface area contributed by atoms with Crippen molar-refractivity contribution in [3.63, 3.8) is 0 Å². The van der Waals surface area contributed by atoms with E-state index in [0.29, 0.717) is 5.92 Å². The zero-order valence-electron chi connectivity index (χ0n) is 15.3. The van der Waals surface area contributed by atoms with Crippen molar-refractivity contribution in [2.24, 2.45) is 11.8 Å².